The fraction of sp³-hybridized carbons (Fsp3) is 0.550. The van der Waals surface area contributed by atoms with Crippen molar-refractivity contribution in [3.63, 3.8) is 0 Å². The maximum atomic E-state index is 12.3. The van der Waals surface area contributed by atoms with Crippen LogP contribution in [0.3, 0.4) is 0 Å². The highest BCUT2D eigenvalue weighted by Crippen LogP contribution is 2.29. The van der Waals surface area contributed by atoms with Gasteiger partial charge in [0.1, 0.15) is 5.75 Å². The highest BCUT2D eigenvalue weighted by atomic mass is 35.5. The first-order valence-corrected chi connectivity index (χ1v) is 9.25. The van der Waals surface area contributed by atoms with Gasteiger partial charge < -0.3 is 19.9 Å². The normalized spacial score (nSPS) is 18.5. The van der Waals surface area contributed by atoms with Crippen LogP contribution in [0.25, 0.3) is 0 Å². The Labute approximate surface area is 171 Å². The van der Waals surface area contributed by atoms with Gasteiger partial charge in [-0.25, -0.2) is 4.79 Å². The fourth-order valence-corrected chi connectivity index (χ4v) is 3.07. The summed E-state index contributed by atoms with van der Waals surface area (Å²) in [5.41, 5.74) is 6.59. The van der Waals surface area contributed by atoms with E-state index in [1.807, 2.05) is 12.1 Å². The predicted molar refractivity (Wildman–Crippen MR) is 105 cm³/mol. The molecule has 0 atom stereocenters. The van der Waals surface area contributed by atoms with Crippen LogP contribution in [0.5, 0.6) is 5.75 Å². The number of ether oxygens (including phenoxy) is 3. The smallest absolute Gasteiger partial charge is 0.344 e. The molecular formula is C20H28ClNO6. The molecule has 156 valence electrons. The monoisotopic (exact) mass is 413 g/mol. The molecule has 1 aromatic rings. The summed E-state index contributed by atoms with van der Waals surface area (Å²) in [6.45, 7) is 0.302. The van der Waals surface area contributed by atoms with E-state index >= 15 is 0 Å². The molecule has 0 spiro atoms. The summed E-state index contributed by atoms with van der Waals surface area (Å²) in [4.78, 5) is 34.7. The molecule has 2 N–H and O–H groups in total. The Bertz CT molecular complexity index is 641. The fourth-order valence-electron chi connectivity index (χ4n) is 3.07. The van der Waals surface area contributed by atoms with Crippen molar-refractivity contribution < 1.29 is 28.6 Å². The van der Waals surface area contributed by atoms with Gasteiger partial charge in [-0.15, -0.1) is 12.4 Å². The summed E-state index contributed by atoms with van der Waals surface area (Å²) in [6.07, 6.45) is 4.22. The highest BCUT2D eigenvalue weighted by Gasteiger charge is 2.27. The molecule has 8 heteroatoms. The van der Waals surface area contributed by atoms with E-state index in [4.69, 9.17) is 15.2 Å². The van der Waals surface area contributed by atoms with Gasteiger partial charge in [-0.1, -0.05) is 12.1 Å². The van der Waals surface area contributed by atoms with Crippen molar-refractivity contribution in [2.24, 2.45) is 17.6 Å². The van der Waals surface area contributed by atoms with Gasteiger partial charge >= 0.3 is 17.9 Å². The molecule has 1 aliphatic rings. The van der Waals surface area contributed by atoms with E-state index in [9.17, 15) is 14.4 Å². The zero-order valence-electron chi connectivity index (χ0n) is 16.1. The van der Waals surface area contributed by atoms with E-state index in [2.05, 4.69) is 4.74 Å². The second-order valence-electron chi connectivity index (χ2n) is 6.76. The number of hydrogen-bond donors (Lipinski definition) is 1. The van der Waals surface area contributed by atoms with Gasteiger partial charge in [0.05, 0.1) is 13.0 Å². The first kappa shape index (κ1) is 23.9. The lowest BCUT2D eigenvalue weighted by Crippen LogP contribution is -2.28. The van der Waals surface area contributed by atoms with Crippen LogP contribution in [0, 0.1) is 11.8 Å². The molecule has 2 rings (SSSR count). The van der Waals surface area contributed by atoms with E-state index in [0.29, 0.717) is 24.6 Å². The summed E-state index contributed by atoms with van der Waals surface area (Å²) in [5.74, 6) is -0.290. The number of nitrogens with two attached hydrogens (primary N) is 1. The minimum Gasteiger partial charge on any atom is -0.466 e. The number of aryl methyl sites for hydroxylation is 1. The van der Waals surface area contributed by atoms with Gasteiger partial charge in [-0.2, -0.15) is 0 Å². The molecule has 0 radical (unpaired) electrons. The van der Waals surface area contributed by atoms with Crippen molar-refractivity contribution in [3.05, 3.63) is 29.8 Å². The lowest BCUT2D eigenvalue weighted by molar-refractivity contribution is -0.156. The van der Waals surface area contributed by atoms with Gasteiger partial charge in [0.25, 0.3) is 0 Å². The maximum Gasteiger partial charge on any atom is 0.344 e. The van der Waals surface area contributed by atoms with Gasteiger partial charge in [-0.05, 0) is 62.3 Å². The van der Waals surface area contributed by atoms with Crippen LogP contribution in [0.4, 0.5) is 0 Å². The molecule has 7 nitrogen and oxygen atoms in total. The van der Waals surface area contributed by atoms with Crippen molar-refractivity contribution in [2.45, 2.75) is 38.5 Å². The lowest BCUT2D eigenvalue weighted by atomic mass is 9.82. The first-order chi connectivity index (χ1) is 13.0. The minimum atomic E-state index is -0.592. The van der Waals surface area contributed by atoms with Crippen LogP contribution in [0.15, 0.2) is 24.3 Å². The van der Waals surface area contributed by atoms with Crippen molar-refractivity contribution in [1.82, 2.24) is 0 Å². The summed E-state index contributed by atoms with van der Waals surface area (Å²) < 4.78 is 14.7. The minimum absolute atomic E-state index is 0. The van der Waals surface area contributed by atoms with Crippen LogP contribution in [-0.2, 0) is 30.3 Å². The summed E-state index contributed by atoms with van der Waals surface area (Å²) in [5, 5.41) is 0. The Morgan fingerprint density at radius 1 is 1.04 bits per heavy atom. The Morgan fingerprint density at radius 3 is 2.25 bits per heavy atom. The standard InChI is InChI=1S/C20H27NO6.ClH/c1-25-19(23)13-26-18(22)11-6-14-4-9-17(10-5-14)27-20(24)16-7-2-15(12-21)3-8-16;/h4-5,9-10,15-16H,2-3,6-8,11-13,21H2,1H3;1H/t15-,16-;. The molecular weight excluding hydrogens is 386 g/mol. The molecule has 0 heterocycles. The third-order valence-corrected chi connectivity index (χ3v) is 4.85. The van der Waals surface area contributed by atoms with Gasteiger partial charge in [0, 0.05) is 6.42 Å². The number of benzene rings is 1. The molecule has 0 aromatic heterocycles. The second-order valence-corrected chi connectivity index (χ2v) is 6.76. The SMILES string of the molecule is COC(=O)COC(=O)CCc1ccc(OC(=O)[C@H]2CC[C@H](CN)CC2)cc1.Cl. The molecule has 1 saturated carbocycles. The first-order valence-electron chi connectivity index (χ1n) is 9.25. The zero-order valence-corrected chi connectivity index (χ0v) is 16.9. The number of carbonyl (C=O) groups excluding carboxylic acids is 3. The van der Waals surface area contributed by atoms with E-state index in [1.165, 1.54) is 7.11 Å². The molecule has 0 aliphatic heterocycles. The summed E-state index contributed by atoms with van der Waals surface area (Å²) >= 11 is 0. The average molecular weight is 414 g/mol. The number of rotatable bonds is 8. The molecule has 0 amide bonds. The third kappa shape index (κ3) is 7.86. The molecule has 1 aliphatic carbocycles. The van der Waals surface area contributed by atoms with E-state index in [1.54, 1.807) is 12.1 Å². The van der Waals surface area contributed by atoms with Crippen LogP contribution in [0.1, 0.15) is 37.7 Å². The Kier molecular flexibility index (Phi) is 10.6. The number of esters is 3. The largest absolute Gasteiger partial charge is 0.466 e. The molecule has 1 fully saturated rings. The quantitative estimate of drug-likeness (QED) is 0.515. The van der Waals surface area contributed by atoms with Crippen LogP contribution in [0.2, 0.25) is 0 Å². The number of methoxy groups -OCH3 is 1. The van der Waals surface area contributed by atoms with Crippen molar-refractivity contribution in [2.75, 3.05) is 20.3 Å². The number of hydrogen-bond acceptors (Lipinski definition) is 7. The molecule has 0 saturated heterocycles. The summed E-state index contributed by atoms with van der Waals surface area (Å²) in [6, 6.07) is 7.06. The lowest BCUT2D eigenvalue weighted by Gasteiger charge is -2.26. The van der Waals surface area contributed by atoms with Gasteiger partial charge in [0.15, 0.2) is 6.61 Å². The van der Waals surface area contributed by atoms with E-state index < -0.39 is 11.9 Å². The van der Waals surface area contributed by atoms with Crippen LogP contribution < -0.4 is 10.5 Å². The highest BCUT2D eigenvalue weighted by molar-refractivity contribution is 5.85. The predicted octanol–water partition coefficient (Wildman–Crippen LogP) is 2.43. The third-order valence-electron chi connectivity index (χ3n) is 4.85. The molecule has 1 aromatic carbocycles. The zero-order chi connectivity index (χ0) is 19.6. The van der Waals surface area contributed by atoms with Crippen molar-refractivity contribution in [3.8, 4) is 5.75 Å². The molecule has 28 heavy (non-hydrogen) atoms. The summed E-state index contributed by atoms with van der Waals surface area (Å²) in [7, 11) is 1.23. The Balaban J connectivity index is 0.00000392. The van der Waals surface area contributed by atoms with Crippen LogP contribution >= 0.6 is 12.4 Å². The van der Waals surface area contributed by atoms with Crippen LogP contribution in [-0.4, -0.2) is 38.2 Å². The Hall–Kier alpha value is -2.12. The van der Waals surface area contributed by atoms with Crippen molar-refractivity contribution >= 4 is 30.3 Å². The number of halogens is 1. The van der Waals surface area contributed by atoms with E-state index in [-0.39, 0.29) is 37.3 Å². The number of carbonyl (C=O) groups is 3. The van der Waals surface area contributed by atoms with E-state index in [0.717, 1.165) is 31.2 Å². The van der Waals surface area contributed by atoms with Crippen molar-refractivity contribution in [1.29, 1.82) is 0 Å². The maximum absolute atomic E-state index is 12.3. The topological polar surface area (TPSA) is 105 Å². The molecule has 0 unspecified atom stereocenters. The van der Waals surface area contributed by atoms with Gasteiger partial charge in [0.2, 0.25) is 0 Å². The second kappa shape index (κ2) is 12.4. The Morgan fingerprint density at radius 2 is 1.68 bits per heavy atom. The average Bonchev–Trinajstić information content (AvgIpc) is 2.71. The van der Waals surface area contributed by atoms with Gasteiger partial charge in [-0.3, -0.25) is 9.59 Å². The molecule has 0 bridgehead atoms.